The maximum absolute atomic E-state index is 12.4. The number of hydrogen-bond donors (Lipinski definition) is 1. The van der Waals surface area contributed by atoms with Crippen molar-refractivity contribution in [3.63, 3.8) is 0 Å². The van der Waals surface area contributed by atoms with Crippen LogP contribution >= 0.6 is 11.8 Å². The lowest BCUT2D eigenvalue weighted by Gasteiger charge is -2.32. The van der Waals surface area contributed by atoms with Crippen LogP contribution < -0.4 is 5.56 Å². The second-order valence-corrected chi connectivity index (χ2v) is 7.66. The number of pyridine rings is 1. The first-order chi connectivity index (χ1) is 12.1. The normalized spacial score (nSPS) is 22.0. The third kappa shape index (κ3) is 2.75. The minimum atomic E-state index is -1.00. The van der Waals surface area contributed by atoms with Gasteiger partial charge in [0.2, 0.25) is 0 Å². The highest BCUT2D eigenvalue weighted by atomic mass is 32.2. The summed E-state index contributed by atoms with van der Waals surface area (Å²) < 4.78 is 1.44. The molecule has 1 fully saturated rings. The Labute approximate surface area is 148 Å². The summed E-state index contributed by atoms with van der Waals surface area (Å²) in [6, 6.07) is 11.9. The van der Waals surface area contributed by atoms with Gasteiger partial charge in [-0.15, -0.1) is 0 Å². The van der Waals surface area contributed by atoms with Crippen LogP contribution in [-0.4, -0.2) is 15.6 Å². The van der Waals surface area contributed by atoms with Crippen LogP contribution in [0.4, 0.5) is 0 Å². The summed E-state index contributed by atoms with van der Waals surface area (Å²) in [4.78, 5) is 24.2. The minimum absolute atomic E-state index is 0.156. The summed E-state index contributed by atoms with van der Waals surface area (Å²) in [6.45, 7) is 0. The van der Waals surface area contributed by atoms with Crippen LogP contribution in [0.5, 0.6) is 0 Å². The van der Waals surface area contributed by atoms with Gasteiger partial charge in [-0.25, -0.2) is 4.79 Å². The molecule has 25 heavy (non-hydrogen) atoms. The smallest absolute Gasteiger partial charge is 0.326 e. The quantitative estimate of drug-likeness (QED) is 0.914. The second kappa shape index (κ2) is 6.08. The number of aromatic nitrogens is 1. The zero-order chi connectivity index (χ0) is 17.6. The highest BCUT2D eigenvalue weighted by Crippen LogP contribution is 2.51. The number of rotatable bonds is 3. The lowest BCUT2D eigenvalue weighted by molar-refractivity contribution is -0.141. The van der Waals surface area contributed by atoms with Gasteiger partial charge in [-0.1, -0.05) is 36.0 Å². The van der Waals surface area contributed by atoms with Crippen molar-refractivity contribution in [2.75, 3.05) is 0 Å². The van der Waals surface area contributed by atoms with Crippen molar-refractivity contribution in [1.82, 2.24) is 4.57 Å². The van der Waals surface area contributed by atoms with Crippen LogP contribution in [0.25, 0.3) is 0 Å². The summed E-state index contributed by atoms with van der Waals surface area (Å²) in [5.41, 5.74) is 2.19. The molecular weight excluding hydrogens is 336 g/mol. The molecule has 126 valence electrons. The number of aliphatic carboxylic acids is 1. The highest BCUT2D eigenvalue weighted by Gasteiger charge is 2.38. The van der Waals surface area contributed by atoms with E-state index in [9.17, 15) is 20.0 Å². The van der Waals surface area contributed by atoms with Crippen LogP contribution in [0.3, 0.4) is 0 Å². The van der Waals surface area contributed by atoms with E-state index in [1.165, 1.54) is 22.4 Å². The van der Waals surface area contributed by atoms with E-state index in [4.69, 9.17) is 0 Å². The molecule has 1 saturated carbocycles. The zero-order valence-electron chi connectivity index (χ0n) is 13.4. The number of nitrogens with zero attached hydrogens (tertiary/aromatic N) is 2. The van der Waals surface area contributed by atoms with Gasteiger partial charge in [-0.05, 0) is 42.4 Å². The van der Waals surface area contributed by atoms with Gasteiger partial charge in [-0.2, -0.15) is 5.26 Å². The van der Waals surface area contributed by atoms with Gasteiger partial charge < -0.3 is 5.11 Å². The molecule has 4 rings (SSSR count). The Bertz CT molecular complexity index is 956. The Morgan fingerprint density at radius 2 is 1.96 bits per heavy atom. The fraction of sp³-hybridized carbons (Fsp3) is 0.316. The first-order valence-electron chi connectivity index (χ1n) is 8.24. The van der Waals surface area contributed by atoms with E-state index in [1.54, 1.807) is 12.1 Å². The van der Waals surface area contributed by atoms with Gasteiger partial charge in [0.25, 0.3) is 5.56 Å². The summed E-state index contributed by atoms with van der Waals surface area (Å²) in [5, 5.41) is 19.7. The molecule has 1 N–H and O–H groups in total. The van der Waals surface area contributed by atoms with E-state index in [-0.39, 0.29) is 10.8 Å². The van der Waals surface area contributed by atoms with Gasteiger partial charge in [0.15, 0.2) is 0 Å². The van der Waals surface area contributed by atoms with Gasteiger partial charge in [-0.3, -0.25) is 9.36 Å². The Kier molecular flexibility index (Phi) is 3.89. The summed E-state index contributed by atoms with van der Waals surface area (Å²) in [7, 11) is 0. The predicted molar refractivity (Wildman–Crippen MR) is 93.7 cm³/mol. The number of carboxylic acid groups (broad SMARTS) is 1. The molecule has 0 saturated heterocycles. The first kappa shape index (κ1) is 16.0. The van der Waals surface area contributed by atoms with E-state index in [0.29, 0.717) is 17.9 Å². The summed E-state index contributed by atoms with van der Waals surface area (Å²) in [5.74, 6) is -0.593. The fourth-order valence-corrected chi connectivity index (χ4v) is 5.03. The van der Waals surface area contributed by atoms with Crippen LogP contribution in [-0.2, 0) is 4.79 Å². The molecule has 2 heterocycles. The minimum Gasteiger partial charge on any atom is -0.480 e. The third-order valence-corrected chi connectivity index (χ3v) is 6.23. The number of nitriles is 1. The SMILES string of the molecule is N#Cc1ccccc1C1CC(C(=O)O)n2c(c(C3CC3)ccc2=O)S1. The standard InChI is InChI=1S/C19H16N2O3S/c20-10-12-3-1-2-4-13(12)16-9-15(19(23)24)21-17(22)8-7-14(11-5-6-11)18(21)25-16/h1-4,7-8,11,15-16H,5-6,9H2,(H,23,24). The van der Waals surface area contributed by atoms with Crippen molar-refractivity contribution in [3.8, 4) is 6.07 Å². The molecular formula is C19H16N2O3S. The highest BCUT2D eigenvalue weighted by molar-refractivity contribution is 7.99. The molecule has 0 amide bonds. The van der Waals surface area contributed by atoms with Gasteiger partial charge in [0, 0.05) is 11.3 Å². The summed E-state index contributed by atoms with van der Waals surface area (Å²) in [6.07, 6.45) is 2.44. The Morgan fingerprint density at radius 3 is 2.64 bits per heavy atom. The van der Waals surface area contributed by atoms with E-state index >= 15 is 0 Å². The lowest BCUT2D eigenvalue weighted by Crippen LogP contribution is -2.35. The molecule has 1 aliphatic heterocycles. The van der Waals surface area contributed by atoms with Crippen LogP contribution in [0.15, 0.2) is 46.2 Å². The van der Waals surface area contributed by atoms with Crippen LogP contribution in [0, 0.1) is 11.3 Å². The molecule has 1 aromatic heterocycles. The van der Waals surface area contributed by atoms with E-state index in [2.05, 4.69) is 6.07 Å². The van der Waals surface area contributed by atoms with Crippen LogP contribution in [0.1, 0.15) is 53.2 Å². The molecule has 2 unspecified atom stereocenters. The topological polar surface area (TPSA) is 83.1 Å². The fourth-order valence-electron chi connectivity index (χ4n) is 3.45. The largest absolute Gasteiger partial charge is 0.480 e. The Morgan fingerprint density at radius 1 is 1.20 bits per heavy atom. The maximum Gasteiger partial charge on any atom is 0.326 e. The third-order valence-electron chi connectivity index (χ3n) is 4.84. The molecule has 0 spiro atoms. The lowest BCUT2D eigenvalue weighted by atomic mass is 9.99. The van der Waals surface area contributed by atoms with Gasteiger partial charge in [0.05, 0.1) is 16.7 Å². The maximum atomic E-state index is 12.4. The molecule has 2 atom stereocenters. The van der Waals surface area contributed by atoms with Crippen molar-refractivity contribution < 1.29 is 9.90 Å². The van der Waals surface area contributed by atoms with E-state index < -0.39 is 12.0 Å². The molecule has 0 radical (unpaired) electrons. The number of fused-ring (bicyclic) bond motifs is 1. The van der Waals surface area contributed by atoms with Crippen molar-refractivity contribution in [2.24, 2.45) is 0 Å². The molecule has 1 aliphatic carbocycles. The van der Waals surface area contributed by atoms with Gasteiger partial charge in [0.1, 0.15) is 6.04 Å². The average Bonchev–Trinajstić information content (AvgIpc) is 3.46. The molecule has 0 bridgehead atoms. The summed E-state index contributed by atoms with van der Waals surface area (Å²) >= 11 is 1.52. The monoisotopic (exact) mass is 352 g/mol. The zero-order valence-corrected chi connectivity index (χ0v) is 14.2. The first-order valence-corrected chi connectivity index (χ1v) is 9.12. The Balaban J connectivity index is 1.87. The van der Waals surface area contributed by atoms with Crippen molar-refractivity contribution in [3.05, 3.63) is 63.4 Å². The van der Waals surface area contributed by atoms with E-state index in [1.807, 2.05) is 18.2 Å². The van der Waals surface area contributed by atoms with Crippen molar-refractivity contribution >= 4 is 17.7 Å². The molecule has 1 aromatic carbocycles. The number of benzene rings is 1. The van der Waals surface area contributed by atoms with Crippen molar-refractivity contribution in [1.29, 1.82) is 5.26 Å². The molecule has 6 heteroatoms. The van der Waals surface area contributed by atoms with Crippen LogP contribution in [0.2, 0.25) is 0 Å². The average molecular weight is 352 g/mol. The second-order valence-electron chi connectivity index (χ2n) is 6.47. The Hall–Kier alpha value is -2.52. The number of hydrogen-bond acceptors (Lipinski definition) is 4. The molecule has 2 aromatic rings. The number of carbonyl (C=O) groups is 1. The molecule has 2 aliphatic rings. The molecule has 5 nitrogen and oxygen atoms in total. The van der Waals surface area contributed by atoms with Gasteiger partial charge >= 0.3 is 5.97 Å². The number of carboxylic acids is 1. The van der Waals surface area contributed by atoms with E-state index in [0.717, 1.165) is 29.0 Å². The van der Waals surface area contributed by atoms with Crippen molar-refractivity contribution in [2.45, 2.75) is 41.5 Å². The predicted octanol–water partition coefficient (Wildman–Crippen LogP) is 3.46. The number of thioether (sulfide) groups is 1.